The second kappa shape index (κ2) is 11.2. The zero-order valence-electron chi connectivity index (χ0n) is 29.3. The summed E-state index contributed by atoms with van der Waals surface area (Å²) in [5, 5.41) is 25.7. The van der Waals surface area contributed by atoms with E-state index in [0.29, 0.717) is 16.7 Å². The van der Waals surface area contributed by atoms with Crippen LogP contribution in [0, 0.1) is 22.7 Å². The summed E-state index contributed by atoms with van der Waals surface area (Å²) in [7, 11) is 0. The largest absolute Gasteiger partial charge is 0.309 e. The monoisotopic (exact) mass is 646 g/mol. The molecular formula is C46H38N4. The number of hydrogen-bond acceptors (Lipinski definition) is 2. The summed E-state index contributed by atoms with van der Waals surface area (Å²) in [5.74, 6) is 0. The number of aromatic nitrogens is 2. The quantitative estimate of drug-likeness (QED) is 0.192. The topological polar surface area (TPSA) is 57.4 Å². The highest BCUT2D eigenvalue weighted by atomic mass is 15.0. The van der Waals surface area contributed by atoms with Crippen LogP contribution in [0.3, 0.4) is 0 Å². The molecule has 2 heterocycles. The molecular weight excluding hydrogens is 609 g/mol. The third kappa shape index (κ3) is 4.72. The number of benzene rings is 6. The van der Waals surface area contributed by atoms with E-state index in [1.807, 2.05) is 18.2 Å². The zero-order chi connectivity index (χ0) is 34.9. The summed E-state index contributed by atoms with van der Waals surface area (Å²) in [6.45, 7) is 13.5. The van der Waals surface area contributed by atoms with E-state index in [-0.39, 0.29) is 10.8 Å². The molecule has 0 N–H and O–H groups in total. The summed E-state index contributed by atoms with van der Waals surface area (Å²) >= 11 is 0. The minimum atomic E-state index is -0.0294. The van der Waals surface area contributed by atoms with E-state index in [2.05, 4.69) is 160 Å². The average molecular weight is 647 g/mol. The van der Waals surface area contributed by atoms with Crippen LogP contribution in [0.15, 0.2) is 121 Å². The van der Waals surface area contributed by atoms with Crippen LogP contribution in [-0.2, 0) is 10.8 Å². The number of hydrogen-bond donors (Lipinski definition) is 0. The van der Waals surface area contributed by atoms with Crippen LogP contribution in [0.1, 0.15) is 63.8 Å². The van der Waals surface area contributed by atoms with Gasteiger partial charge < -0.3 is 9.13 Å². The molecule has 0 spiro atoms. The lowest BCUT2D eigenvalue weighted by molar-refractivity contribution is 0.590. The van der Waals surface area contributed by atoms with Gasteiger partial charge in [0.2, 0.25) is 0 Å². The first-order valence-electron chi connectivity index (χ1n) is 17.2. The molecule has 4 heteroatoms. The minimum absolute atomic E-state index is 0.0294. The van der Waals surface area contributed by atoms with Gasteiger partial charge in [0.1, 0.15) is 0 Å². The van der Waals surface area contributed by atoms with Gasteiger partial charge in [0.25, 0.3) is 0 Å². The van der Waals surface area contributed by atoms with Crippen molar-refractivity contribution in [3.8, 4) is 34.6 Å². The highest BCUT2D eigenvalue weighted by Gasteiger charge is 2.27. The molecule has 0 unspecified atom stereocenters. The SMILES string of the molecule is CC(C)(C)c1ccc2c(c1)c1cc(C(C)(C)C)ccc1n2-c1ccc2c3ccccc3n(-c3ccccc3)c2c1-c1c(C#N)cccc1C#N. The van der Waals surface area contributed by atoms with Crippen molar-refractivity contribution in [2.75, 3.05) is 0 Å². The van der Waals surface area contributed by atoms with E-state index in [1.54, 1.807) is 6.07 Å². The smallest absolute Gasteiger partial charge is 0.0998 e. The Labute approximate surface area is 293 Å². The van der Waals surface area contributed by atoms with Gasteiger partial charge in [-0.05, 0) is 82.6 Å². The number of rotatable bonds is 3. The van der Waals surface area contributed by atoms with E-state index in [1.165, 1.54) is 21.9 Å². The molecule has 0 saturated heterocycles. The molecule has 8 aromatic rings. The van der Waals surface area contributed by atoms with Gasteiger partial charge >= 0.3 is 0 Å². The predicted octanol–water partition coefficient (Wildman–Crippen LogP) is 11.9. The van der Waals surface area contributed by atoms with Gasteiger partial charge in [-0.25, -0.2) is 0 Å². The fourth-order valence-corrected chi connectivity index (χ4v) is 7.55. The van der Waals surface area contributed by atoms with Crippen LogP contribution < -0.4 is 0 Å². The number of nitriles is 2. The van der Waals surface area contributed by atoms with Crippen LogP contribution in [0.4, 0.5) is 0 Å². The lowest BCUT2D eigenvalue weighted by atomic mass is 9.85. The molecule has 2 aromatic heterocycles. The Hall–Kier alpha value is -6.10. The van der Waals surface area contributed by atoms with Crippen molar-refractivity contribution in [3.63, 3.8) is 0 Å². The van der Waals surface area contributed by atoms with Crippen molar-refractivity contribution in [2.24, 2.45) is 0 Å². The third-order valence-corrected chi connectivity index (χ3v) is 10.1. The van der Waals surface area contributed by atoms with Gasteiger partial charge in [-0.3, -0.25) is 0 Å². The van der Waals surface area contributed by atoms with E-state index in [4.69, 9.17) is 0 Å². The molecule has 0 aliphatic rings. The van der Waals surface area contributed by atoms with Crippen molar-refractivity contribution < 1.29 is 0 Å². The molecule has 6 aromatic carbocycles. The van der Waals surface area contributed by atoms with Gasteiger partial charge in [-0.1, -0.05) is 102 Å². The first kappa shape index (κ1) is 31.2. The Morgan fingerprint density at radius 1 is 0.460 bits per heavy atom. The molecule has 0 bridgehead atoms. The second-order valence-corrected chi connectivity index (χ2v) is 15.3. The lowest BCUT2D eigenvalue weighted by Gasteiger charge is -2.21. The maximum Gasteiger partial charge on any atom is 0.0998 e. The van der Waals surface area contributed by atoms with Crippen LogP contribution in [0.2, 0.25) is 0 Å². The van der Waals surface area contributed by atoms with Crippen LogP contribution in [-0.4, -0.2) is 9.13 Å². The first-order chi connectivity index (χ1) is 24.0. The fourth-order valence-electron chi connectivity index (χ4n) is 7.55. The number of fused-ring (bicyclic) bond motifs is 6. The second-order valence-electron chi connectivity index (χ2n) is 15.3. The maximum atomic E-state index is 10.6. The van der Waals surface area contributed by atoms with Gasteiger partial charge in [-0.15, -0.1) is 0 Å². The lowest BCUT2D eigenvalue weighted by Crippen LogP contribution is -2.10. The highest BCUT2D eigenvalue weighted by Crippen LogP contribution is 2.46. The van der Waals surface area contributed by atoms with Crippen LogP contribution >= 0.6 is 0 Å². The van der Waals surface area contributed by atoms with Gasteiger partial charge in [0.15, 0.2) is 0 Å². The first-order valence-corrected chi connectivity index (χ1v) is 17.2. The van der Waals surface area contributed by atoms with Crippen molar-refractivity contribution in [1.29, 1.82) is 10.5 Å². The van der Waals surface area contributed by atoms with Gasteiger partial charge in [0, 0.05) is 38.4 Å². The summed E-state index contributed by atoms with van der Waals surface area (Å²) in [6, 6.07) is 47.2. The standard InChI is InChI=1S/C46H38N4/c1-45(2,3)31-19-22-39-36(25-31)37-26-32(46(4,5)6)20-23-40(37)50(39)41-24-21-35-34-17-10-11-18-38(34)49(33-15-8-7-9-16-33)44(35)43(41)42-29(27-47)13-12-14-30(42)28-48/h7-26H,1-6H3. The van der Waals surface area contributed by atoms with Crippen LogP contribution in [0.25, 0.3) is 66.1 Å². The van der Waals surface area contributed by atoms with Crippen molar-refractivity contribution >= 4 is 43.6 Å². The summed E-state index contributed by atoms with van der Waals surface area (Å²) in [5.41, 5.74) is 11.0. The summed E-state index contributed by atoms with van der Waals surface area (Å²) in [6.07, 6.45) is 0. The fraction of sp³-hybridized carbons (Fsp3) is 0.174. The van der Waals surface area contributed by atoms with Gasteiger partial charge in [0.05, 0.1) is 51.0 Å². The molecule has 50 heavy (non-hydrogen) atoms. The Balaban J connectivity index is 1.63. The van der Waals surface area contributed by atoms with E-state index in [0.717, 1.165) is 49.8 Å². The molecule has 0 atom stereocenters. The van der Waals surface area contributed by atoms with Gasteiger partial charge in [-0.2, -0.15) is 10.5 Å². The summed E-state index contributed by atoms with van der Waals surface area (Å²) in [4.78, 5) is 0. The van der Waals surface area contributed by atoms with E-state index >= 15 is 0 Å². The molecule has 0 fully saturated rings. The molecule has 0 aliphatic carbocycles. The van der Waals surface area contributed by atoms with Crippen LogP contribution in [0.5, 0.6) is 0 Å². The molecule has 8 rings (SSSR count). The molecule has 0 amide bonds. The minimum Gasteiger partial charge on any atom is -0.309 e. The Bertz CT molecular complexity index is 2630. The molecule has 0 saturated carbocycles. The Kier molecular flexibility index (Phi) is 7.00. The predicted molar refractivity (Wildman–Crippen MR) is 207 cm³/mol. The molecule has 0 aliphatic heterocycles. The maximum absolute atomic E-state index is 10.6. The van der Waals surface area contributed by atoms with Crippen molar-refractivity contribution in [3.05, 3.63) is 144 Å². The average Bonchev–Trinajstić information content (AvgIpc) is 3.62. The highest BCUT2D eigenvalue weighted by molar-refractivity contribution is 6.17. The third-order valence-electron chi connectivity index (χ3n) is 10.1. The van der Waals surface area contributed by atoms with Crippen molar-refractivity contribution in [1.82, 2.24) is 9.13 Å². The summed E-state index contributed by atoms with van der Waals surface area (Å²) < 4.78 is 4.64. The Morgan fingerprint density at radius 3 is 1.56 bits per heavy atom. The number of nitrogens with zero attached hydrogens (tertiary/aromatic N) is 4. The Morgan fingerprint density at radius 2 is 1.00 bits per heavy atom. The molecule has 242 valence electrons. The molecule has 0 radical (unpaired) electrons. The zero-order valence-corrected chi connectivity index (χ0v) is 29.3. The van der Waals surface area contributed by atoms with E-state index in [9.17, 15) is 10.5 Å². The van der Waals surface area contributed by atoms with E-state index < -0.39 is 0 Å². The normalized spacial score (nSPS) is 12.2. The van der Waals surface area contributed by atoms with Crippen molar-refractivity contribution in [2.45, 2.75) is 52.4 Å². The molecule has 4 nitrogen and oxygen atoms in total. The number of para-hydroxylation sites is 2.